The minimum atomic E-state index is 0.213. The Morgan fingerprint density at radius 3 is 2.74 bits per heavy atom. The Kier molecular flexibility index (Phi) is 4.13. The highest BCUT2D eigenvalue weighted by molar-refractivity contribution is 9.10. The van der Waals surface area contributed by atoms with E-state index in [0.29, 0.717) is 27.6 Å². The van der Waals surface area contributed by atoms with Crippen molar-refractivity contribution in [3.63, 3.8) is 0 Å². The molecule has 0 aliphatic heterocycles. The molecule has 0 aliphatic carbocycles. The van der Waals surface area contributed by atoms with Gasteiger partial charge >= 0.3 is 0 Å². The van der Waals surface area contributed by atoms with E-state index in [2.05, 4.69) is 32.0 Å². The zero-order valence-corrected chi connectivity index (χ0v) is 12.2. The van der Waals surface area contributed by atoms with Crippen LogP contribution in [-0.4, -0.2) is 9.97 Å². The Morgan fingerprint density at radius 2 is 2.05 bits per heavy atom. The fourth-order valence-electron chi connectivity index (χ4n) is 1.47. The molecule has 19 heavy (non-hydrogen) atoms. The number of rotatable bonds is 3. The Morgan fingerprint density at radius 1 is 1.26 bits per heavy atom. The minimum absolute atomic E-state index is 0.213. The van der Waals surface area contributed by atoms with E-state index in [9.17, 15) is 0 Å². The molecule has 5 heteroatoms. The predicted molar refractivity (Wildman–Crippen MR) is 75.1 cm³/mol. The monoisotopic (exact) mass is 317 g/mol. The van der Waals surface area contributed by atoms with Crippen molar-refractivity contribution < 1.29 is 4.74 Å². The molecule has 0 atom stereocenters. The molecule has 1 heterocycles. The molecule has 0 unspecified atom stereocenters. The average Bonchev–Trinajstić information content (AvgIpc) is 2.38. The van der Waals surface area contributed by atoms with Gasteiger partial charge in [-0.2, -0.15) is 10.2 Å². The molecule has 0 radical (unpaired) electrons. The Hall–Kier alpha value is -1.93. The lowest BCUT2D eigenvalue weighted by atomic mass is 10.2. The summed E-state index contributed by atoms with van der Waals surface area (Å²) in [6.45, 7) is 4.03. The van der Waals surface area contributed by atoms with Crippen LogP contribution in [0.4, 0.5) is 0 Å². The molecule has 0 amide bonds. The molecule has 1 aromatic carbocycles. The van der Waals surface area contributed by atoms with Crippen LogP contribution in [0.25, 0.3) is 0 Å². The second-order valence-electron chi connectivity index (χ2n) is 4.28. The summed E-state index contributed by atoms with van der Waals surface area (Å²) in [6.07, 6.45) is 0. The van der Waals surface area contributed by atoms with Crippen LogP contribution in [0.2, 0.25) is 0 Å². The van der Waals surface area contributed by atoms with Crippen molar-refractivity contribution in [2.45, 2.75) is 19.8 Å². The zero-order chi connectivity index (χ0) is 13.8. The summed E-state index contributed by atoms with van der Waals surface area (Å²) < 4.78 is 6.34. The number of nitriles is 1. The SMILES string of the molecule is CC(C)c1nc(Br)cc(Oc2cccc(C#N)c2)n1. The molecule has 0 spiro atoms. The predicted octanol–water partition coefficient (Wildman–Crippen LogP) is 4.03. The van der Waals surface area contributed by atoms with Crippen molar-refractivity contribution in [2.75, 3.05) is 0 Å². The Balaban J connectivity index is 2.30. The minimum Gasteiger partial charge on any atom is -0.439 e. The van der Waals surface area contributed by atoms with Crippen molar-refractivity contribution in [3.05, 3.63) is 46.3 Å². The molecule has 0 saturated carbocycles. The maximum absolute atomic E-state index is 8.85. The maximum Gasteiger partial charge on any atom is 0.223 e. The lowest BCUT2D eigenvalue weighted by Crippen LogP contribution is -2.00. The van der Waals surface area contributed by atoms with Crippen molar-refractivity contribution in [1.82, 2.24) is 9.97 Å². The van der Waals surface area contributed by atoms with E-state index < -0.39 is 0 Å². The first-order valence-electron chi connectivity index (χ1n) is 5.81. The van der Waals surface area contributed by atoms with Crippen LogP contribution < -0.4 is 4.74 Å². The number of hydrogen-bond acceptors (Lipinski definition) is 4. The highest BCUT2D eigenvalue weighted by atomic mass is 79.9. The number of aromatic nitrogens is 2. The van der Waals surface area contributed by atoms with E-state index >= 15 is 0 Å². The molecule has 1 aromatic heterocycles. The molecule has 0 saturated heterocycles. The average molecular weight is 318 g/mol. The van der Waals surface area contributed by atoms with Crippen LogP contribution in [0.5, 0.6) is 11.6 Å². The molecule has 0 bridgehead atoms. The first kappa shape index (κ1) is 13.5. The molecule has 4 nitrogen and oxygen atoms in total. The number of halogens is 1. The fraction of sp³-hybridized carbons (Fsp3) is 0.214. The molecule has 2 aromatic rings. The second kappa shape index (κ2) is 5.81. The standard InChI is InChI=1S/C14H12BrN3O/c1-9(2)14-17-12(15)7-13(18-14)19-11-5-3-4-10(6-11)8-16/h3-7,9H,1-2H3. The summed E-state index contributed by atoms with van der Waals surface area (Å²) in [5.74, 6) is 1.96. The molecule has 0 fully saturated rings. The highest BCUT2D eigenvalue weighted by Crippen LogP contribution is 2.24. The Labute approximate surface area is 120 Å². The lowest BCUT2D eigenvalue weighted by Gasteiger charge is -2.09. The van der Waals surface area contributed by atoms with Crippen molar-refractivity contribution >= 4 is 15.9 Å². The van der Waals surface area contributed by atoms with Gasteiger partial charge in [0, 0.05) is 12.0 Å². The number of ether oxygens (including phenoxy) is 1. The fourth-order valence-corrected chi connectivity index (χ4v) is 1.85. The van der Waals surface area contributed by atoms with E-state index in [-0.39, 0.29) is 5.92 Å². The third-order valence-corrected chi connectivity index (χ3v) is 2.80. The van der Waals surface area contributed by atoms with Gasteiger partial charge in [-0.3, -0.25) is 0 Å². The summed E-state index contributed by atoms with van der Waals surface area (Å²) in [5, 5.41) is 8.85. The largest absolute Gasteiger partial charge is 0.439 e. The third kappa shape index (κ3) is 3.52. The molecule has 96 valence electrons. The van der Waals surface area contributed by atoms with Gasteiger partial charge in [0.25, 0.3) is 0 Å². The summed E-state index contributed by atoms with van der Waals surface area (Å²) >= 11 is 3.34. The number of benzene rings is 1. The van der Waals surface area contributed by atoms with Gasteiger partial charge in [-0.15, -0.1) is 0 Å². The van der Waals surface area contributed by atoms with E-state index in [1.165, 1.54) is 0 Å². The van der Waals surface area contributed by atoms with E-state index in [0.717, 1.165) is 0 Å². The zero-order valence-electron chi connectivity index (χ0n) is 10.6. The highest BCUT2D eigenvalue weighted by Gasteiger charge is 2.08. The number of hydrogen-bond donors (Lipinski definition) is 0. The molecular formula is C14H12BrN3O. The van der Waals surface area contributed by atoms with Gasteiger partial charge in [0.1, 0.15) is 16.2 Å². The van der Waals surface area contributed by atoms with Crippen molar-refractivity contribution in [2.24, 2.45) is 0 Å². The van der Waals surface area contributed by atoms with E-state index in [1.54, 1.807) is 30.3 Å². The Bertz CT molecular complexity index is 635. The van der Waals surface area contributed by atoms with E-state index in [4.69, 9.17) is 10.00 Å². The molecule has 2 rings (SSSR count). The normalized spacial score (nSPS) is 10.3. The van der Waals surface area contributed by atoms with Gasteiger partial charge in [0.2, 0.25) is 5.88 Å². The lowest BCUT2D eigenvalue weighted by molar-refractivity contribution is 0.456. The van der Waals surface area contributed by atoms with Gasteiger partial charge in [-0.05, 0) is 34.1 Å². The van der Waals surface area contributed by atoms with Gasteiger partial charge in [0.05, 0.1) is 11.6 Å². The van der Waals surface area contributed by atoms with E-state index in [1.807, 2.05) is 13.8 Å². The van der Waals surface area contributed by atoms with Gasteiger partial charge < -0.3 is 4.74 Å². The van der Waals surface area contributed by atoms with Crippen molar-refractivity contribution in [3.8, 4) is 17.7 Å². The first-order chi connectivity index (χ1) is 9.08. The first-order valence-corrected chi connectivity index (χ1v) is 6.60. The quantitative estimate of drug-likeness (QED) is 0.802. The van der Waals surface area contributed by atoms with Gasteiger partial charge in [-0.1, -0.05) is 19.9 Å². The summed E-state index contributed by atoms with van der Waals surface area (Å²) in [4.78, 5) is 8.62. The van der Waals surface area contributed by atoms with Gasteiger partial charge in [0.15, 0.2) is 0 Å². The second-order valence-corrected chi connectivity index (χ2v) is 5.10. The summed E-state index contributed by atoms with van der Waals surface area (Å²) in [7, 11) is 0. The van der Waals surface area contributed by atoms with Crippen LogP contribution >= 0.6 is 15.9 Å². The summed E-state index contributed by atoms with van der Waals surface area (Å²) in [6, 6.07) is 10.7. The van der Waals surface area contributed by atoms with Crippen LogP contribution in [0.1, 0.15) is 31.2 Å². The topological polar surface area (TPSA) is 58.8 Å². The molecule has 0 aliphatic rings. The molecular weight excluding hydrogens is 306 g/mol. The van der Waals surface area contributed by atoms with Crippen LogP contribution in [0, 0.1) is 11.3 Å². The molecule has 0 N–H and O–H groups in total. The van der Waals surface area contributed by atoms with Crippen LogP contribution in [0.3, 0.4) is 0 Å². The van der Waals surface area contributed by atoms with Gasteiger partial charge in [-0.25, -0.2) is 4.98 Å². The van der Waals surface area contributed by atoms with Crippen LogP contribution in [0.15, 0.2) is 34.9 Å². The maximum atomic E-state index is 8.85. The van der Waals surface area contributed by atoms with Crippen LogP contribution in [-0.2, 0) is 0 Å². The third-order valence-electron chi connectivity index (χ3n) is 2.39. The number of nitrogens with zero attached hydrogens (tertiary/aromatic N) is 3. The smallest absolute Gasteiger partial charge is 0.223 e. The van der Waals surface area contributed by atoms with Crippen molar-refractivity contribution in [1.29, 1.82) is 5.26 Å². The summed E-state index contributed by atoms with van der Waals surface area (Å²) in [5.41, 5.74) is 0.551.